The number of pyridine rings is 1. The lowest BCUT2D eigenvalue weighted by Gasteiger charge is -2.21. The highest BCUT2D eigenvalue weighted by Gasteiger charge is 2.18. The second-order valence-electron chi connectivity index (χ2n) is 3.87. The van der Waals surface area contributed by atoms with Crippen molar-refractivity contribution in [3.05, 3.63) is 27.9 Å². The van der Waals surface area contributed by atoms with Crippen molar-refractivity contribution in [3.8, 4) is 6.07 Å². The van der Waals surface area contributed by atoms with Gasteiger partial charge < -0.3 is 10.2 Å². The van der Waals surface area contributed by atoms with Gasteiger partial charge in [-0.15, -0.1) is 0 Å². The number of amides is 1. The summed E-state index contributed by atoms with van der Waals surface area (Å²) in [6.07, 6.45) is 0. The standard InChI is InChI=1S/C12H15N5O3/c1-3-14-12(18)8-16(4-2)11-6-5-10(17(19)20)9(7-13)15-11/h5-6H,3-4,8H2,1-2H3,(H,14,18). The van der Waals surface area contributed by atoms with Gasteiger partial charge in [-0.1, -0.05) is 0 Å². The monoisotopic (exact) mass is 277 g/mol. The summed E-state index contributed by atoms with van der Waals surface area (Å²) >= 11 is 0. The van der Waals surface area contributed by atoms with Crippen LogP contribution in [0.15, 0.2) is 12.1 Å². The Hall–Kier alpha value is -2.69. The van der Waals surface area contributed by atoms with Crippen LogP contribution in [0.1, 0.15) is 19.5 Å². The second-order valence-corrected chi connectivity index (χ2v) is 3.87. The number of nitrogens with zero attached hydrogens (tertiary/aromatic N) is 4. The first kappa shape index (κ1) is 15.4. The average Bonchev–Trinajstić information content (AvgIpc) is 2.44. The van der Waals surface area contributed by atoms with Crippen molar-refractivity contribution in [2.24, 2.45) is 0 Å². The Morgan fingerprint density at radius 3 is 2.75 bits per heavy atom. The van der Waals surface area contributed by atoms with Gasteiger partial charge in [0.2, 0.25) is 11.6 Å². The van der Waals surface area contributed by atoms with E-state index >= 15 is 0 Å². The van der Waals surface area contributed by atoms with Crippen molar-refractivity contribution < 1.29 is 9.72 Å². The third-order valence-corrected chi connectivity index (χ3v) is 2.58. The van der Waals surface area contributed by atoms with Gasteiger partial charge in [-0.3, -0.25) is 14.9 Å². The molecule has 1 heterocycles. The van der Waals surface area contributed by atoms with Gasteiger partial charge in [0.05, 0.1) is 11.5 Å². The van der Waals surface area contributed by atoms with E-state index in [0.717, 1.165) is 0 Å². The van der Waals surface area contributed by atoms with Gasteiger partial charge in [0.1, 0.15) is 11.9 Å². The van der Waals surface area contributed by atoms with E-state index in [0.29, 0.717) is 18.9 Å². The van der Waals surface area contributed by atoms with Crippen molar-refractivity contribution >= 4 is 17.4 Å². The number of nitrogens with one attached hydrogen (secondary N) is 1. The minimum Gasteiger partial charge on any atom is -0.355 e. The normalized spacial score (nSPS) is 9.65. The molecule has 1 aromatic rings. The van der Waals surface area contributed by atoms with E-state index in [9.17, 15) is 14.9 Å². The summed E-state index contributed by atoms with van der Waals surface area (Å²) in [7, 11) is 0. The van der Waals surface area contributed by atoms with Crippen molar-refractivity contribution in [2.45, 2.75) is 13.8 Å². The van der Waals surface area contributed by atoms with Gasteiger partial charge >= 0.3 is 5.69 Å². The maximum Gasteiger partial charge on any atom is 0.305 e. The van der Waals surface area contributed by atoms with Gasteiger partial charge in [0.25, 0.3) is 0 Å². The smallest absolute Gasteiger partial charge is 0.305 e. The fourth-order valence-electron chi connectivity index (χ4n) is 1.63. The molecule has 1 N–H and O–H groups in total. The Bertz CT molecular complexity index is 553. The van der Waals surface area contributed by atoms with Crippen LogP contribution in [0.5, 0.6) is 0 Å². The molecule has 0 fully saturated rings. The van der Waals surface area contributed by atoms with E-state index in [1.165, 1.54) is 12.1 Å². The lowest BCUT2D eigenvalue weighted by Crippen LogP contribution is -2.37. The predicted octanol–water partition coefficient (Wildman–Crippen LogP) is 0.824. The summed E-state index contributed by atoms with van der Waals surface area (Å²) in [4.78, 5) is 27.2. The van der Waals surface area contributed by atoms with Gasteiger partial charge in [-0.05, 0) is 19.9 Å². The van der Waals surface area contributed by atoms with E-state index in [1.807, 2.05) is 13.8 Å². The average molecular weight is 277 g/mol. The van der Waals surface area contributed by atoms with Gasteiger partial charge in [0.15, 0.2) is 0 Å². The van der Waals surface area contributed by atoms with E-state index in [2.05, 4.69) is 10.3 Å². The molecule has 0 aliphatic heterocycles. The van der Waals surface area contributed by atoms with Crippen LogP contribution in [-0.4, -0.2) is 35.4 Å². The van der Waals surface area contributed by atoms with Crippen molar-refractivity contribution in [1.29, 1.82) is 5.26 Å². The van der Waals surface area contributed by atoms with Gasteiger partial charge in [-0.2, -0.15) is 5.26 Å². The van der Waals surface area contributed by atoms with Crippen LogP contribution in [0, 0.1) is 21.4 Å². The van der Waals surface area contributed by atoms with Crippen molar-refractivity contribution in [2.75, 3.05) is 24.5 Å². The fourth-order valence-corrected chi connectivity index (χ4v) is 1.63. The number of nitriles is 1. The summed E-state index contributed by atoms with van der Waals surface area (Å²) in [6.45, 7) is 4.74. The molecular weight excluding hydrogens is 262 g/mol. The van der Waals surface area contributed by atoms with Gasteiger partial charge in [0, 0.05) is 19.2 Å². The molecule has 0 unspecified atom stereocenters. The zero-order chi connectivity index (χ0) is 15.1. The predicted molar refractivity (Wildman–Crippen MR) is 72.2 cm³/mol. The highest BCUT2D eigenvalue weighted by Crippen LogP contribution is 2.20. The molecule has 1 amide bonds. The molecule has 8 nitrogen and oxygen atoms in total. The first-order valence-electron chi connectivity index (χ1n) is 6.10. The Labute approximate surface area is 116 Å². The molecule has 0 saturated carbocycles. The molecule has 0 aliphatic carbocycles. The number of carbonyl (C=O) groups is 1. The SMILES string of the molecule is CCNC(=O)CN(CC)c1ccc([N+](=O)[O-])c(C#N)n1. The largest absolute Gasteiger partial charge is 0.355 e. The summed E-state index contributed by atoms with van der Waals surface area (Å²) in [5, 5.41) is 22.3. The first-order valence-corrected chi connectivity index (χ1v) is 6.10. The highest BCUT2D eigenvalue weighted by atomic mass is 16.6. The Balaban J connectivity index is 3.02. The second kappa shape index (κ2) is 7.04. The number of hydrogen-bond donors (Lipinski definition) is 1. The van der Waals surface area contributed by atoms with E-state index in [-0.39, 0.29) is 23.8 Å². The number of nitro groups is 1. The molecular formula is C12H15N5O3. The van der Waals surface area contributed by atoms with Crippen LogP contribution < -0.4 is 10.2 Å². The summed E-state index contributed by atoms with van der Waals surface area (Å²) in [5.74, 6) is 0.189. The summed E-state index contributed by atoms with van der Waals surface area (Å²) in [6, 6.07) is 4.35. The van der Waals surface area contributed by atoms with Crippen molar-refractivity contribution in [3.63, 3.8) is 0 Å². The quantitative estimate of drug-likeness (QED) is 0.608. The molecule has 0 saturated heterocycles. The molecule has 0 aromatic carbocycles. The Kier molecular flexibility index (Phi) is 5.41. The molecule has 8 heteroatoms. The zero-order valence-electron chi connectivity index (χ0n) is 11.3. The molecule has 0 aliphatic rings. The van der Waals surface area contributed by atoms with Crippen LogP contribution in [-0.2, 0) is 4.79 Å². The molecule has 0 radical (unpaired) electrons. The minimum atomic E-state index is -0.657. The van der Waals surface area contributed by atoms with Crippen LogP contribution in [0.2, 0.25) is 0 Å². The summed E-state index contributed by atoms with van der Waals surface area (Å²) in [5.41, 5.74) is -0.604. The number of aromatic nitrogens is 1. The molecule has 1 rings (SSSR count). The van der Waals surface area contributed by atoms with Crippen LogP contribution >= 0.6 is 0 Å². The molecule has 1 aromatic heterocycles. The topological polar surface area (TPSA) is 112 Å². The number of likely N-dealkylation sites (N-methyl/N-ethyl adjacent to an activating group) is 2. The molecule has 106 valence electrons. The first-order chi connectivity index (χ1) is 9.53. The molecule has 20 heavy (non-hydrogen) atoms. The highest BCUT2D eigenvalue weighted by molar-refractivity contribution is 5.81. The van der Waals surface area contributed by atoms with Crippen LogP contribution in [0.25, 0.3) is 0 Å². The maximum atomic E-state index is 11.6. The number of rotatable bonds is 6. The summed E-state index contributed by atoms with van der Waals surface area (Å²) < 4.78 is 0. The number of anilines is 1. The third-order valence-electron chi connectivity index (χ3n) is 2.58. The van der Waals surface area contributed by atoms with Crippen LogP contribution in [0.4, 0.5) is 11.5 Å². The molecule has 0 atom stereocenters. The maximum absolute atomic E-state index is 11.6. The number of carbonyl (C=O) groups excluding carboxylic acids is 1. The Morgan fingerprint density at radius 1 is 1.55 bits per heavy atom. The van der Waals surface area contributed by atoms with Crippen molar-refractivity contribution in [1.82, 2.24) is 10.3 Å². The lowest BCUT2D eigenvalue weighted by atomic mass is 10.3. The molecule has 0 spiro atoms. The molecule has 0 bridgehead atoms. The third kappa shape index (κ3) is 3.65. The van der Waals surface area contributed by atoms with Gasteiger partial charge in [-0.25, -0.2) is 4.98 Å². The fraction of sp³-hybridized carbons (Fsp3) is 0.417. The zero-order valence-corrected chi connectivity index (χ0v) is 11.3. The van der Waals surface area contributed by atoms with Crippen LogP contribution in [0.3, 0.4) is 0 Å². The number of hydrogen-bond acceptors (Lipinski definition) is 6. The van der Waals surface area contributed by atoms with E-state index < -0.39 is 4.92 Å². The lowest BCUT2D eigenvalue weighted by molar-refractivity contribution is -0.385. The van der Waals surface area contributed by atoms with E-state index in [4.69, 9.17) is 5.26 Å². The van der Waals surface area contributed by atoms with E-state index in [1.54, 1.807) is 11.0 Å². The minimum absolute atomic E-state index is 0.0834. The Morgan fingerprint density at radius 2 is 2.25 bits per heavy atom.